The largest absolute Gasteiger partial charge is 0.352 e. The Balaban J connectivity index is 2.88. The molecule has 1 rings (SSSR count). The topological polar surface area (TPSA) is 122 Å². The number of sulfonamides is 1. The second kappa shape index (κ2) is 10.4. The van der Waals surface area contributed by atoms with Crippen LogP contribution in [0.4, 0.5) is 10.5 Å². The fourth-order valence-electron chi connectivity index (χ4n) is 2.33. The van der Waals surface area contributed by atoms with E-state index in [1.165, 1.54) is 28.6 Å². The lowest BCUT2D eigenvalue weighted by molar-refractivity contribution is -0.117. The first-order valence-electron chi connectivity index (χ1n) is 8.22. The van der Waals surface area contributed by atoms with Gasteiger partial charge in [0.05, 0.1) is 4.90 Å². The minimum atomic E-state index is -3.55. The first-order valence-corrected chi connectivity index (χ1v) is 11.1. The highest BCUT2D eigenvalue weighted by Crippen LogP contribution is 2.18. The van der Waals surface area contributed by atoms with Gasteiger partial charge in [-0.3, -0.25) is 4.79 Å². The van der Waals surface area contributed by atoms with Gasteiger partial charge >= 0.3 is 6.03 Å². The summed E-state index contributed by atoms with van der Waals surface area (Å²) >= 11 is 1.55. The lowest BCUT2D eigenvalue weighted by atomic mass is 10.2. The van der Waals surface area contributed by atoms with Crippen molar-refractivity contribution in [2.75, 3.05) is 30.4 Å². The molecule has 0 spiro atoms. The van der Waals surface area contributed by atoms with Crippen molar-refractivity contribution in [2.24, 2.45) is 5.73 Å². The summed E-state index contributed by atoms with van der Waals surface area (Å²) in [6, 6.07) is 4.41. The lowest BCUT2D eigenvalue weighted by Crippen LogP contribution is -2.46. The fourth-order valence-corrected chi connectivity index (χ4v) is 4.26. The normalized spacial score (nSPS) is 12.6. The van der Waals surface area contributed by atoms with E-state index in [1.54, 1.807) is 25.6 Å². The molecule has 0 aliphatic rings. The van der Waals surface area contributed by atoms with Crippen molar-refractivity contribution in [1.29, 1.82) is 0 Å². The number of carbonyl (C=O) groups is 2. The van der Waals surface area contributed by atoms with Crippen LogP contribution in [0.5, 0.6) is 0 Å². The van der Waals surface area contributed by atoms with Crippen molar-refractivity contribution in [1.82, 2.24) is 9.62 Å². The average Bonchev–Trinajstić information content (AvgIpc) is 2.59. The Morgan fingerprint density at radius 1 is 1.19 bits per heavy atom. The van der Waals surface area contributed by atoms with Crippen molar-refractivity contribution in [2.45, 2.75) is 31.2 Å². The van der Waals surface area contributed by atoms with E-state index in [4.69, 9.17) is 5.73 Å². The number of thioether (sulfide) groups is 1. The standard InChI is InChI=1S/C16H26N4O4S2/c1-4-20(5-2)26(23,24)13-8-6-12(7-9-13)18-15(21)14(10-11-25-3)19-16(17)22/h6-9,14H,4-5,10-11H2,1-3H3,(H,18,21)(H3,17,19,22)/t14-/m1/s1. The van der Waals surface area contributed by atoms with E-state index in [0.29, 0.717) is 31.0 Å². The van der Waals surface area contributed by atoms with E-state index in [-0.39, 0.29) is 4.90 Å². The number of primary amides is 1. The number of anilines is 1. The van der Waals surface area contributed by atoms with Crippen LogP contribution in [0.15, 0.2) is 29.2 Å². The summed E-state index contributed by atoms with van der Waals surface area (Å²) < 4.78 is 26.3. The van der Waals surface area contributed by atoms with Crippen LogP contribution < -0.4 is 16.4 Å². The maximum absolute atomic E-state index is 12.5. The number of nitrogens with two attached hydrogens (primary N) is 1. The monoisotopic (exact) mass is 402 g/mol. The third kappa shape index (κ3) is 6.19. The van der Waals surface area contributed by atoms with Crippen LogP contribution in [-0.4, -0.2) is 55.8 Å². The number of urea groups is 1. The quantitative estimate of drug-likeness (QED) is 0.547. The van der Waals surface area contributed by atoms with Gasteiger partial charge in [-0.2, -0.15) is 16.1 Å². The van der Waals surface area contributed by atoms with Crippen LogP contribution in [0.1, 0.15) is 20.3 Å². The Bertz CT molecular complexity index is 703. The van der Waals surface area contributed by atoms with Gasteiger partial charge in [-0.15, -0.1) is 0 Å². The Hall–Kier alpha value is -1.78. The number of nitrogens with zero attached hydrogens (tertiary/aromatic N) is 1. The fraction of sp³-hybridized carbons (Fsp3) is 0.500. The third-order valence-electron chi connectivity index (χ3n) is 3.71. The highest BCUT2D eigenvalue weighted by Gasteiger charge is 2.22. The zero-order valence-electron chi connectivity index (χ0n) is 15.2. The molecule has 0 saturated heterocycles. The predicted octanol–water partition coefficient (Wildman–Crippen LogP) is 1.45. The molecule has 0 radical (unpaired) electrons. The second-order valence-corrected chi connectivity index (χ2v) is 8.37. The number of amides is 3. The van der Waals surface area contributed by atoms with Crippen LogP contribution in [0.2, 0.25) is 0 Å². The van der Waals surface area contributed by atoms with Crippen molar-refractivity contribution >= 4 is 39.4 Å². The summed E-state index contributed by atoms with van der Waals surface area (Å²) in [5.74, 6) is 0.275. The van der Waals surface area contributed by atoms with E-state index >= 15 is 0 Å². The van der Waals surface area contributed by atoms with Gasteiger partial charge in [0, 0.05) is 18.8 Å². The average molecular weight is 403 g/mol. The molecule has 4 N–H and O–H groups in total. The number of carbonyl (C=O) groups excluding carboxylic acids is 2. The molecule has 8 nitrogen and oxygen atoms in total. The zero-order valence-corrected chi connectivity index (χ0v) is 16.8. The summed E-state index contributed by atoms with van der Waals surface area (Å²) in [4.78, 5) is 23.5. The van der Waals surface area contributed by atoms with E-state index in [2.05, 4.69) is 10.6 Å². The minimum Gasteiger partial charge on any atom is -0.352 e. The maximum atomic E-state index is 12.5. The van der Waals surface area contributed by atoms with Gasteiger partial charge in [0.1, 0.15) is 6.04 Å². The Labute approximate surface area is 158 Å². The molecule has 0 bridgehead atoms. The number of benzene rings is 1. The number of hydrogen-bond acceptors (Lipinski definition) is 5. The molecule has 1 aromatic carbocycles. The molecule has 0 fully saturated rings. The molecule has 0 unspecified atom stereocenters. The van der Waals surface area contributed by atoms with E-state index in [1.807, 2.05) is 6.26 Å². The van der Waals surface area contributed by atoms with Crippen molar-refractivity contribution in [3.63, 3.8) is 0 Å². The molecule has 0 saturated carbocycles. The van der Waals surface area contributed by atoms with Crippen molar-refractivity contribution in [3.05, 3.63) is 24.3 Å². The number of rotatable bonds is 10. The lowest BCUT2D eigenvalue weighted by Gasteiger charge is -2.19. The predicted molar refractivity (Wildman–Crippen MR) is 105 cm³/mol. The van der Waals surface area contributed by atoms with Gasteiger partial charge in [-0.05, 0) is 42.7 Å². The van der Waals surface area contributed by atoms with Crippen LogP contribution in [0.25, 0.3) is 0 Å². The second-order valence-electron chi connectivity index (χ2n) is 5.45. The molecule has 26 heavy (non-hydrogen) atoms. The molecule has 1 aromatic rings. The van der Waals surface area contributed by atoms with Gasteiger partial charge in [-0.25, -0.2) is 13.2 Å². The minimum absolute atomic E-state index is 0.161. The molecule has 0 heterocycles. The van der Waals surface area contributed by atoms with E-state index < -0.39 is 28.0 Å². The molecule has 146 valence electrons. The summed E-state index contributed by atoms with van der Waals surface area (Å²) in [7, 11) is -3.55. The molecular formula is C16H26N4O4S2. The van der Waals surface area contributed by atoms with Gasteiger partial charge in [0.15, 0.2) is 0 Å². The maximum Gasteiger partial charge on any atom is 0.312 e. The zero-order chi connectivity index (χ0) is 19.7. The number of nitrogens with one attached hydrogen (secondary N) is 2. The molecule has 1 atom stereocenters. The number of hydrogen-bond donors (Lipinski definition) is 3. The molecule has 0 aliphatic carbocycles. The highest BCUT2D eigenvalue weighted by atomic mass is 32.2. The Morgan fingerprint density at radius 3 is 2.23 bits per heavy atom. The third-order valence-corrected chi connectivity index (χ3v) is 6.42. The summed E-state index contributed by atoms with van der Waals surface area (Å²) in [6.45, 7) is 4.31. The van der Waals surface area contributed by atoms with Gasteiger partial charge < -0.3 is 16.4 Å². The molecule has 3 amide bonds. The van der Waals surface area contributed by atoms with E-state index in [0.717, 1.165) is 0 Å². The summed E-state index contributed by atoms with van der Waals surface area (Å²) in [6.07, 6.45) is 2.33. The Morgan fingerprint density at radius 2 is 1.77 bits per heavy atom. The Kier molecular flexibility index (Phi) is 8.89. The smallest absolute Gasteiger partial charge is 0.312 e. The molecule has 10 heteroatoms. The van der Waals surface area contributed by atoms with Crippen LogP contribution in [0, 0.1) is 0 Å². The van der Waals surface area contributed by atoms with Gasteiger partial charge in [-0.1, -0.05) is 13.8 Å². The highest BCUT2D eigenvalue weighted by molar-refractivity contribution is 7.98. The van der Waals surface area contributed by atoms with Gasteiger partial charge in [0.25, 0.3) is 0 Å². The SMILES string of the molecule is CCN(CC)S(=O)(=O)c1ccc(NC(=O)[C@@H](CCSC)NC(N)=O)cc1. The summed E-state index contributed by atoms with van der Waals surface area (Å²) in [5, 5.41) is 5.08. The van der Waals surface area contributed by atoms with Crippen molar-refractivity contribution in [3.8, 4) is 0 Å². The molecule has 0 aromatic heterocycles. The van der Waals surface area contributed by atoms with Gasteiger partial charge in [0.2, 0.25) is 15.9 Å². The van der Waals surface area contributed by atoms with Crippen LogP contribution in [0.3, 0.4) is 0 Å². The molecule has 0 aliphatic heterocycles. The van der Waals surface area contributed by atoms with Crippen LogP contribution >= 0.6 is 11.8 Å². The molecular weight excluding hydrogens is 376 g/mol. The van der Waals surface area contributed by atoms with Crippen molar-refractivity contribution < 1.29 is 18.0 Å². The van der Waals surface area contributed by atoms with E-state index in [9.17, 15) is 18.0 Å². The summed E-state index contributed by atoms with van der Waals surface area (Å²) in [5.41, 5.74) is 5.55. The first kappa shape index (κ1) is 22.3. The van der Waals surface area contributed by atoms with Crippen LogP contribution in [-0.2, 0) is 14.8 Å². The first-order chi connectivity index (χ1) is 12.3.